The van der Waals surface area contributed by atoms with E-state index in [1.165, 1.54) is 0 Å². The zero-order chi connectivity index (χ0) is 11.7. The largest absolute Gasteiger partial charge is 0.507 e. The Morgan fingerprint density at radius 2 is 2.06 bits per heavy atom. The Kier molecular flexibility index (Phi) is 2.88. The first-order chi connectivity index (χ1) is 7.65. The van der Waals surface area contributed by atoms with Crippen LogP contribution in [-0.4, -0.2) is 21.4 Å². The summed E-state index contributed by atoms with van der Waals surface area (Å²) in [5, 5.41) is 19.8. The number of nitrogens with zero attached hydrogens (tertiary/aromatic N) is 1. The van der Waals surface area contributed by atoms with Gasteiger partial charge in [0.25, 0.3) is 0 Å². The van der Waals surface area contributed by atoms with Gasteiger partial charge in [0.05, 0.1) is 5.52 Å². The minimum absolute atomic E-state index is 0.103. The predicted molar refractivity (Wildman–Crippen MR) is 64.8 cm³/mol. The monoisotopic (exact) mass is 219 g/mol. The number of hydrogen-bond donors (Lipinski definition) is 2. The molecule has 0 bridgehead atoms. The topological polar surface area (TPSA) is 45.4 Å². The molecule has 0 radical (unpaired) electrons. The molecule has 3 heteroatoms. The van der Waals surface area contributed by atoms with E-state index in [0.29, 0.717) is 18.2 Å². The van der Waals surface area contributed by atoms with E-state index in [9.17, 15) is 5.11 Å². The van der Waals surface area contributed by atoms with E-state index in [-0.39, 0.29) is 6.61 Å². The number of phenolic OH excluding ortho intramolecular Hbond substituents is 1. The predicted octanol–water partition coefficient (Wildman–Crippen LogP) is 2.46. The number of aromatic hydroxyl groups is 1. The summed E-state index contributed by atoms with van der Waals surface area (Å²) in [7, 11) is 0. The third kappa shape index (κ3) is 1.67. The summed E-state index contributed by atoms with van der Waals surface area (Å²) >= 11 is 0. The number of hydrogen-bond acceptors (Lipinski definition) is 2. The van der Waals surface area contributed by atoms with Crippen molar-refractivity contribution in [3.05, 3.63) is 30.0 Å². The van der Waals surface area contributed by atoms with Gasteiger partial charge in [-0.3, -0.25) is 0 Å². The average molecular weight is 219 g/mol. The molecule has 0 atom stereocenters. The molecule has 1 aromatic carbocycles. The molecular weight excluding hydrogens is 202 g/mol. The highest BCUT2D eigenvalue weighted by atomic mass is 16.3. The summed E-state index contributed by atoms with van der Waals surface area (Å²) < 4.78 is 2.13. The van der Waals surface area contributed by atoms with Crippen molar-refractivity contribution in [3.63, 3.8) is 0 Å². The molecule has 0 fully saturated rings. The second-order valence-electron chi connectivity index (χ2n) is 4.30. The molecule has 86 valence electrons. The quantitative estimate of drug-likeness (QED) is 0.833. The van der Waals surface area contributed by atoms with Gasteiger partial charge in [-0.2, -0.15) is 0 Å². The number of benzene rings is 1. The van der Waals surface area contributed by atoms with E-state index in [1.54, 1.807) is 6.07 Å². The highest BCUT2D eigenvalue weighted by Gasteiger charge is 2.12. The van der Waals surface area contributed by atoms with Crippen LogP contribution in [0.3, 0.4) is 0 Å². The Balaban J connectivity index is 2.71. The summed E-state index contributed by atoms with van der Waals surface area (Å²) in [4.78, 5) is 0. The Hall–Kier alpha value is -1.48. The van der Waals surface area contributed by atoms with Crippen molar-refractivity contribution in [2.45, 2.75) is 26.3 Å². The second kappa shape index (κ2) is 4.18. The van der Waals surface area contributed by atoms with E-state index >= 15 is 0 Å². The van der Waals surface area contributed by atoms with Gasteiger partial charge in [0, 0.05) is 24.2 Å². The molecule has 16 heavy (non-hydrogen) atoms. The first-order valence-electron chi connectivity index (χ1n) is 5.57. The molecule has 0 amide bonds. The van der Waals surface area contributed by atoms with Gasteiger partial charge in [-0.05, 0) is 38.0 Å². The summed E-state index contributed by atoms with van der Waals surface area (Å²) in [6, 6.07) is 5.88. The second-order valence-corrected chi connectivity index (χ2v) is 4.30. The SMILES string of the molecule is CC(C)n1cc(CCO)c2c(O)cccc21. The van der Waals surface area contributed by atoms with Crippen molar-refractivity contribution in [2.75, 3.05) is 6.61 Å². The summed E-state index contributed by atoms with van der Waals surface area (Å²) in [5.41, 5.74) is 2.03. The van der Waals surface area contributed by atoms with E-state index < -0.39 is 0 Å². The molecular formula is C13H17NO2. The normalized spacial score (nSPS) is 11.5. The first-order valence-corrected chi connectivity index (χ1v) is 5.57. The van der Waals surface area contributed by atoms with Gasteiger partial charge in [-0.25, -0.2) is 0 Å². The molecule has 2 aromatic rings. The van der Waals surface area contributed by atoms with Crippen molar-refractivity contribution in [1.82, 2.24) is 4.57 Å². The van der Waals surface area contributed by atoms with Gasteiger partial charge < -0.3 is 14.8 Å². The van der Waals surface area contributed by atoms with Crippen molar-refractivity contribution in [1.29, 1.82) is 0 Å². The molecule has 0 aliphatic rings. The Morgan fingerprint density at radius 3 is 2.69 bits per heavy atom. The number of aliphatic hydroxyl groups is 1. The van der Waals surface area contributed by atoms with Gasteiger partial charge in [0.1, 0.15) is 5.75 Å². The van der Waals surface area contributed by atoms with Crippen molar-refractivity contribution >= 4 is 10.9 Å². The smallest absolute Gasteiger partial charge is 0.125 e. The molecule has 3 nitrogen and oxygen atoms in total. The molecule has 2 rings (SSSR count). The molecule has 0 spiro atoms. The maximum absolute atomic E-state index is 9.88. The number of aromatic nitrogens is 1. The lowest BCUT2D eigenvalue weighted by atomic mass is 10.1. The van der Waals surface area contributed by atoms with Crippen LogP contribution in [0.5, 0.6) is 5.75 Å². The lowest BCUT2D eigenvalue weighted by Gasteiger charge is -2.08. The lowest BCUT2D eigenvalue weighted by Crippen LogP contribution is -1.98. The summed E-state index contributed by atoms with van der Waals surface area (Å²) in [6.45, 7) is 4.31. The van der Waals surface area contributed by atoms with Gasteiger partial charge in [-0.15, -0.1) is 0 Å². The molecule has 2 N–H and O–H groups in total. The van der Waals surface area contributed by atoms with E-state index in [1.807, 2.05) is 18.3 Å². The van der Waals surface area contributed by atoms with Crippen LogP contribution in [0, 0.1) is 0 Å². The van der Waals surface area contributed by atoms with Crippen LogP contribution in [0.4, 0.5) is 0 Å². The third-order valence-corrected chi connectivity index (χ3v) is 2.85. The van der Waals surface area contributed by atoms with Crippen molar-refractivity contribution in [3.8, 4) is 5.75 Å². The number of phenols is 1. The molecule has 0 aliphatic heterocycles. The van der Waals surface area contributed by atoms with Gasteiger partial charge >= 0.3 is 0 Å². The van der Waals surface area contributed by atoms with Crippen LogP contribution in [-0.2, 0) is 6.42 Å². The molecule has 0 saturated carbocycles. The van der Waals surface area contributed by atoms with E-state index in [4.69, 9.17) is 5.11 Å². The van der Waals surface area contributed by atoms with Gasteiger partial charge in [-0.1, -0.05) is 6.07 Å². The van der Waals surface area contributed by atoms with Crippen LogP contribution >= 0.6 is 0 Å². The maximum atomic E-state index is 9.88. The maximum Gasteiger partial charge on any atom is 0.125 e. The van der Waals surface area contributed by atoms with Gasteiger partial charge in [0.15, 0.2) is 0 Å². The Morgan fingerprint density at radius 1 is 1.31 bits per heavy atom. The number of aliphatic hydroxyl groups excluding tert-OH is 1. The standard InChI is InChI=1S/C13H17NO2/c1-9(2)14-8-10(6-7-15)13-11(14)4-3-5-12(13)16/h3-5,8-9,15-16H,6-7H2,1-2H3. The Labute approximate surface area is 94.9 Å². The molecule has 1 aromatic heterocycles. The molecule has 1 heterocycles. The molecule has 0 saturated heterocycles. The number of fused-ring (bicyclic) bond motifs is 1. The first kappa shape index (κ1) is 11.0. The van der Waals surface area contributed by atoms with Crippen LogP contribution in [0.15, 0.2) is 24.4 Å². The van der Waals surface area contributed by atoms with E-state index in [2.05, 4.69) is 18.4 Å². The molecule has 0 unspecified atom stereocenters. The fourth-order valence-electron chi connectivity index (χ4n) is 2.11. The summed E-state index contributed by atoms with van der Waals surface area (Å²) in [6.07, 6.45) is 2.60. The summed E-state index contributed by atoms with van der Waals surface area (Å²) in [5.74, 6) is 0.292. The highest BCUT2D eigenvalue weighted by Crippen LogP contribution is 2.31. The van der Waals surface area contributed by atoms with Crippen LogP contribution in [0.25, 0.3) is 10.9 Å². The lowest BCUT2D eigenvalue weighted by molar-refractivity contribution is 0.300. The number of rotatable bonds is 3. The van der Waals surface area contributed by atoms with Crippen LogP contribution < -0.4 is 0 Å². The highest BCUT2D eigenvalue weighted by molar-refractivity contribution is 5.89. The minimum atomic E-state index is 0.103. The third-order valence-electron chi connectivity index (χ3n) is 2.85. The van der Waals surface area contributed by atoms with Crippen LogP contribution in [0.2, 0.25) is 0 Å². The van der Waals surface area contributed by atoms with Crippen molar-refractivity contribution < 1.29 is 10.2 Å². The van der Waals surface area contributed by atoms with Crippen LogP contribution in [0.1, 0.15) is 25.5 Å². The molecule has 0 aliphatic carbocycles. The Bertz CT molecular complexity index is 500. The fraction of sp³-hybridized carbons (Fsp3) is 0.385. The van der Waals surface area contributed by atoms with Crippen molar-refractivity contribution in [2.24, 2.45) is 0 Å². The fourth-order valence-corrected chi connectivity index (χ4v) is 2.11. The van der Waals surface area contributed by atoms with E-state index in [0.717, 1.165) is 16.5 Å². The van der Waals surface area contributed by atoms with Gasteiger partial charge in [0.2, 0.25) is 0 Å². The zero-order valence-corrected chi connectivity index (χ0v) is 9.64. The zero-order valence-electron chi connectivity index (χ0n) is 9.64. The average Bonchev–Trinajstić information content (AvgIpc) is 2.59. The minimum Gasteiger partial charge on any atom is -0.507 e.